The lowest BCUT2D eigenvalue weighted by atomic mass is 10.2. The summed E-state index contributed by atoms with van der Waals surface area (Å²) >= 11 is 0. The van der Waals surface area contributed by atoms with E-state index in [2.05, 4.69) is 5.32 Å². The molecule has 0 bridgehead atoms. The number of sulfone groups is 1. The summed E-state index contributed by atoms with van der Waals surface area (Å²) in [5.41, 5.74) is 6.65. The molecule has 0 aliphatic carbocycles. The Hall–Kier alpha value is -1.50. The van der Waals surface area contributed by atoms with Crippen LogP contribution in [0.15, 0.2) is 12.3 Å². The number of hydrogen-bond acceptors (Lipinski definition) is 4. The van der Waals surface area contributed by atoms with Crippen LogP contribution in [0.25, 0.3) is 0 Å². The van der Waals surface area contributed by atoms with E-state index in [1.165, 1.54) is 0 Å². The zero-order valence-electron chi connectivity index (χ0n) is 10.2. The van der Waals surface area contributed by atoms with Gasteiger partial charge in [0.05, 0.1) is 17.2 Å². The van der Waals surface area contributed by atoms with Gasteiger partial charge < -0.3 is 15.6 Å². The highest BCUT2D eigenvalue weighted by molar-refractivity contribution is 7.91. The number of anilines is 1. The van der Waals surface area contributed by atoms with E-state index in [4.69, 9.17) is 5.73 Å². The first-order chi connectivity index (χ1) is 8.41. The van der Waals surface area contributed by atoms with Crippen LogP contribution in [0.5, 0.6) is 0 Å². The van der Waals surface area contributed by atoms with E-state index < -0.39 is 9.84 Å². The molecule has 1 unspecified atom stereocenters. The van der Waals surface area contributed by atoms with E-state index in [1.54, 1.807) is 16.8 Å². The highest BCUT2D eigenvalue weighted by atomic mass is 32.2. The molecule has 0 radical (unpaired) electrons. The molecule has 1 aromatic rings. The molecule has 3 N–H and O–H groups in total. The summed E-state index contributed by atoms with van der Waals surface area (Å²) < 4.78 is 24.4. The van der Waals surface area contributed by atoms with E-state index >= 15 is 0 Å². The zero-order valence-corrected chi connectivity index (χ0v) is 11.0. The quantitative estimate of drug-likeness (QED) is 0.809. The first-order valence-electron chi connectivity index (χ1n) is 5.88. The molecule has 7 heteroatoms. The second-order valence-corrected chi connectivity index (χ2v) is 6.75. The number of rotatable bonds is 3. The fourth-order valence-electron chi connectivity index (χ4n) is 2.15. The number of hydrogen-bond donors (Lipinski definition) is 2. The Kier molecular flexibility index (Phi) is 3.34. The summed E-state index contributed by atoms with van der Waals surface area (Å²) in [7, 11) is -2.98. The number of nitrogens with zero attached hydrogens (tertiary/aromatic N) is 1. The largest absolute Gasteiger partial charge is 0.397 e. The Morgan fingerprint density at radius 1 is 1.61 bits per heavy atom. The summed E-state index contributed by atoms with van der Waals surface area (Å²) in [6.07, 6.45) is 2.18. The fraction of sp³-hybridized carbons (Fsp3) is 0.545. The van der Waals surface area contributed by atoms with Crippen LogP contribution in [0.4, 0.5) is 5.69 Å². The van der Waals surface area contributed by atoms with Crippen molar-refractivity contribution in [1.29, 1.82) is 0 Å². The Bertz CT molecular complexity index is 562. The first-order valence-corrected chi connectivity index (χ1v) is 7.70. The van der Waals surface area contributed by atoms with Gasteiger partial charge in [0.25, 0.3) is 5.91 Å². The average molecular weight is 271 g/mol. The predicted octanol–water partition coefficient (Wildman–Crippen LogP) is 0.00710. The highest BCUT2D eigenvalue weighted by Gasteiger charge is 2.29. The van der Waals surface area contributed by atoms with Crippen molar-refractivity contribution in [3.8, 4) is 0 Å². The van der Waals surface area contributed by atoms with E-state index in [0.29, 0.717) is 24.3 Å². The van der Waals surface area contributed by atoms with Gasteiger partial charge in [-0.1, -0.05) is 0 Å². The van der Waals surface area contributed by atoms with Crippen molar-refractivity contribution in [3.05, 3.63) is 18.0 Å². The Balaban J connectivity index is 2.08. The molecule has 18 heavy (non-hydrogen) atoms. The first kappa shape index (κ1) is 12.9. The van der Waals surface area contributed by atoms with Gasteiger partial charge in [-0.05, 0) is 19.4 Å². The maximum Gasteiger partial charge on any atom is 0.268 e. The molecular weight excluding hydrogens is 254 g/mol. The molecular formula is C11H17N3O3S. The van der Waals surface area contributed by atoms with Crippen molar-refractivity contribution in [3.63, 3.8) is 0 Å². The lowest BCUT2D eigenvalue weighted by molar-refractivity contribution is 0.0932. The summed E-state index contributed by atoms with van der Waals surface area (Å²) in [5, 5.41) is 2.74. The summed E-state index contributed by atoms with van der Waals surface area (Å²) in [6.45, 7) is 2.55. The molecule has 1 aliphatic rings. The normalized spacial score (nSPS) is 21.9. The topological polar surface area (TPSA) is 94.2 Å². The summed E-state index contributed by atoms with van der Waals surface area (Å²) in [5.74, 6) is -0.0914. The molecule has 1 fully saturated rings. The van der Waals surface area contributed by atoms with Crippen LogP contribution in [0.3, 0.4) is 0 Å². The third-order valence-corrected chi connectivity index (χ3v) is 4.83. The average Bonchev–Trinajstić information content (AvgIpc) is 2.81. The van der Waals surface area contributed by atoms with Crippen LogP contribution >= 0.6 is 0 Å². The molecule has 1 atom stereocenters. The van der Waals surface area contributed by atoms with Crippen LogP contribution in [0, 0.1) is 0 Å². The van der Waals surface area contributed by atoms with Gasteiger partial charge in [-0.3, -0.25) is 4.79 Å². The fourth-order valence-corrected chi connectivity index (χ4v) is 3.83. The van der Waals surface area contributed by atoms with Crippen molar-refractivity contribution >= 4 is 21.4 Å². The number of amides is 1. The maximum atomic E-state index is 12.0. The van der Waals surface area contributed by atoms with E-state index in [1.807, 2.05) is 6.92 Å². The molecule has 0 spiro atoms. The molecule has 0 saturated carbocycles. The van der Waals surface area contributed by atoms with E-state index in [9.17, 15) is 13.2 Å². The van der Waals surface area contributed by atoms with Crippen LogP contribution in [0.1, 0.15) is 23.8 Å². The number of aromatic nitrogens is 1. The van der Waals surface area contributed by atoms with Crippen LogP contribution in [-0.4, -0.2) is 36.4 Å². The van der Waals surface area contributed by atoms with Crippen LogP contribution in [-0.2, 0) is 16.4 Å². The SMILES string of the molecule is CCn1cc(N)cc1C(=O)NC1CCS(=O)(=O)C1. The van der Waals surface area contributed by atoms with Gasteiger partial charge in [0.2, 0.25) is 0 Å². The molecule has 0 aromatic carbocycles. The van der Waals surface area contributed by atoms with E-state index in [-0.39, 0.29) is 23.5 Å². The van der Waals surface area contributed by atoms with Crippen molar-refractivity contribution in [2.75, 3.05) is 17.2 Å². The van der Waals surface area contributed by atoms with Crippen molar-refractivity contribution < 1.29 is 13.2 Å². The zero-order chi connectivity index (χ0) is 13.3. The molecule has 2 heterocycles. The minimum Gasteiger partial charge on any atom is -0.397 e. The molecule has 100 valence electrons. The maximum absolute atomic E-state index is 12.0. The minimum absolute atomic E-state index is 0.0288. The molecule has 1 saturated heterocycles. The van der Waals surface area contributed by atoms with Crippen LogP contribution in [0.2, 0.25) is 0 Å². The van der Waals surface area contributed by atoms with Gasteiger partial charge in [0.15, 0.2) is 9.84 Å². The predicted molar refractivity (Wildman–Crippen MR) is 69.0 cm³/mol. The van der Waals surface area contributed by atoms with Gasteiger partial charge in [0, 0.05) is 18.8 Å². The molecule has 1 aliphatic heterocycles. The van der Waals surface area contributed by atoms with E-state index in [0.717, 1.165) is 0 Å². The second-order valence-electron chi connectivity index (χ2n) is 4.52. The molecule has 6 nitrogen and oxygen atoms in total. The Labute approximate surface area is 106 Å². The number of nitrogens with one attached hydrogen (secondary N) is 1. The number of nitrogens with two attached hydrogens (primary N) is 1. The smallest absolute Gasteiger partial charge is 0.268 e. The summed E-state index contributed by atoms with van der Waals surface area (Å²) in [4.78, 5) is 12.0. The number of carbonyl (C=O) groups excluding carboxylic acids is 1. The third kappa shape index (κ3) is 2.66. The third-order valence-electron chi connectivity index (χ3n) is 3.06. The van der Waals surface area contributed by atoms with Crippen molar-refractivity contribution in [2.45, 2.75) is 25.9 Å². The Morgan fingerprint density at radius 3 is 2.89 bits per heavy atom. The molecule has 1 aromatic heterocycles. The minimum atomic E-state index is -2.98. The Morgan fingerprint density at radius 2 is 2.33 bits per heavy atom. The van der Waals surface area contributed by atoms with Gasteiger partial charge in [-0.25, -0.2) is 8.42 Å². The van der Waals surface area contributed by atoms with Gasteiger partial charge in [0.1, 0.15) is 5.69 Å². The molecule has 1 amide bonds. The highest BCUT2D eigenvalue weighted by Crippen LogP contribution is 2.14. The van der Waals surface area contributed by atoms with Gasteiger partial charge in [-0.2, -0.15) is 0 Å². The lowest BCUT2D eigenvalue weighted by Crippen LogP contribution is -2.36. The van der Waals surface area contributed by atoms with Crippen molar-refractivity contribution in [2.24, 2.45) is 0 Å². The monoisotopic (exact) mass is 271 g/mol. The molecule has 2 rings (SSSR count). The van der Waals surface area contributed by atoms with Crippen molar-refractivity contribution in [1.82, 2.24) is 9.88 Å². The second kappa shape index (κ2) is 4.64. The number of carbonyl (C=O) groups is 1. The lowest BCUT2D eigenvalue weighted by Gasteiger charge is -2.11. The number of nitrogen functional groups attached to an aromatic ring is 1. The van der Waals surface area contributed by atoms with Gasteiger partial charge >= 0.3 is 0 Å². The standard InChI is InChI=1S/C11H17N3O3S/c1-2-14-6-8(12)5-10(14)11(15)13-9-3-4-18(16,17)7-9/h5-6,9H,2-4,7,12H2,1H3,(H,13,15). The number of aryl methyl sites for hydroxylation is 1. The van der Waals surface area contributed by atoms with Crippen LogP contribution < -0.4 is 11.1 Å². The summed E-state index contributed by atoms with van der Waals surface area (Å²) in [6, 6.07) is 1.31. The van der Waals surface area contributed by atoms with Gasteiger partial charge in [-0.15, -0.1) is 0 Å².